The number of hydrogen-bond acceptors (Lipinski definition) is 4. The predicted octanol–water partition coefficient (Wildman–Crippen LogP) is 1.64. The first-order valence-electron chi connectivity index (χ1n) is 5.23. The minimum absolute atomic E-state index is 0.0943. The van der Waals surface area contributed by atoms with Crippen LogP contribution in [0.1, 0.15) is 26.2 Å². The van der Waals surface area contributed by atoms with Gasteiger partial charge in [-0.2, -0.15) is 11.8 Å². The van der Waals surface area contributed by atoms with Crippen molar-refractivity contribution in [1.29, 1.82) is 0 Å². The summed E-state index contributed by atoms with van der Waals surface area (Å²) in [5.41, 5.74) is 0. The van der Waals surface area contributed by atoms with Crippen LogP contribution in [-0.2, 0) is 9.47 Å². The predicted molar refractivity (Wildman–Crippen MR) is 58.5 cm³/mol. The lowest BCUT2D eigenvalue weighted by Crippen LogP contribution is -2.34. The van der Waals surface area contributed by atoms with E-state index in [0.717, 1.165) is 31.6 Å². The van der Waals surface area contributed by atoms with Gasteiger partial charge in [-0.05, 0) is 18.6 Å². The van der Waals surface area contributed by atoms with E-state index in [1.165, 1.54) is 7.11 Å². The van der Waals surface area contributed by atoms with Gasteiger partial charge in [0.15, 0.2) is 6.29 Å². The second-order valence-electron chi connectivity index (χ2n) is 3.51. The lowest BCUT2D eigenvalue weighted by molar-refractivity contribution is -0.0995. The van der Waals surface area contributed by atoms with Gasteiger partial charge in [0.25, 0.3) is 0 Å². The summed E-state index contributed by atoms with van der Waals surface area (Å²) >= 11 is 1.74. The summed E-state index contributed by atoms with van der Waals surface area (Å²) in [6.07, 6.45) is 2.75. The molecule has 0 aromatic heterocycles. The number of hydrogen-bond donors (Lipinski definition) is 1. The molecule has 1 heterocycles. The third-order valence-corrected chi connectivity index (χ3v) is 3.82. The van der Waals surface area contributed by atoms with Crippen LogP contribution in [-0.4, -0.2) is 42.2 Å². The van der Waals surface area contributed by atoms with Gasteiger partial charge in [-0.25, -0.2) is 0 Å². The largest absolute Gasteiger partial charge is 0.377 e. The highest BCUT2D eigenvalue weighted by molar-refractivity contribution is 8.00. The Labute approximate surface area is 90.2 Å². The molecule has 1 N–H and O–H groups in total. The van der Waals surface area contributed by atoms with Crippen LogP contribution in [0.15, 0.2) is 0 Å². The molecule has 1 aliphatic rings. The second-order valence-corrected chi connectivity index (χ2v) is 4.80. The van der Waals surface area contributed by atoms with E-state index in [1.807, 2.05) is 0 Å². The van der Waals surface area contributed by atoms with Crippen molar-refractivity contribution in [3.8, 4) is 0 Å². The highest BCUT2D eigenvalue weighted by Gasteiger charge is 2.34. The number of unbranched alkanes of at least 4 members (excludes halogenated alkanes) is 1. The van der Waals surface area contributed by atoms with Crippen LogP contribution in [0.4, 0.5) is 0 Å². The molecule has 0 aromatic carbocycles. The van der Waals surface area contributed by atoms with Gasteiger partial charge in [-0.1, -0.05) is 13.3 Å². The molecule has 4 heteroatoms. The standard InChI is InChI=1S/C10H20O3S/c1-3-4-6-13-8-5-7-14-9(8)10(11)12-2/h8-11H,3-7H2,1-2H3/t8-,9?,10-/m0/s1. The Bertz CT molecular complexity index is 154. The van der Waals surface area contributed by atoms with Crippen molar-refractivity contribution >= 4 is 11.8 Å². The lowest BCUT2D eigenvalue weighted by Gasteiger charge is -2.22. The highest BCUT2D eigenvalue weighted by atomic mass is 32.2. The zero-order chi connectivity index (χ0) is 10.4. The molecule has 0 aliphatic carbocycles. The first kappa shape index (κ1) is 12.3. The fourth-order valence-electron chi connectivity index (χ4n) is 1.55. The van der Waals surface area contributed by atoms with Gasteiger partial charge in [-0.15, -0.1) is 0 Å². The van der Waals surface area contributed by atoms with Crippen molar-refractivity contribution in [2.45, 2.75) is 43.8 Å². The molecule has 0 spiro atoms. The quantitative estimate of drug-likeness (QED) is 0.545. The summed E-state index contributed by atoms with van der Waals surface area (Å²) in [6, 6.07) is 0. The summed E-state index contributed by atoms with van der Waals surface area (Å²) in [6.45, 7) is 2.95. The van der Waals surface area contributed by atoms with E-state index < -0.39 is 6.29 Å². The highest BCUT2D eigenvalue weighted by Crippen LogP contribution is 2.31. The smallest absolute Gasteiger partial charge is 0.168 e. The Morgan fingerprint density at radius 1 is 1.57 bits per heavy atom. The maximum absolute atomic E-state index is 9.56. The maximum Gasteiger partial charge on any atom is 0.168 e. The zero-order valence-electron chi connectivity index (χ0n) is 8.94. The normalized spacial score (nSPS) is 29.4. The van der Waals surface area contributed by atoms with Gasteiger partial charge in [0.2, 0.25) is 0 Å². The van der Waals surface area contributed by atoms with Crippen molar-refractivity contribution in [3.63, 3.8) is 0 Å². The Kier molecular flexibility index (Phi) is 5.86. The summed E-state index contributed by atoms with van der Waals surface area (Å²) < 4.78 is 10.6. The summed E-state index contributed by atoms with van der Waals surface area (Å²) in [4.78, 5) is 0. The van der Waals surface area contributed by atoms with Gasteiger partial charge < -0.3 is 14.6 Å². The Morgan fingerprint density at radius 2 is 2.36 bits per heavy atom. The molecule has 1 rings (SSSR count). The van der Waals surface area contributed by atoms with Gasteiger partial charge >= 0.3 is 0 Å². The second kappa shape index (κ2) is 6.67. The van der Waals surface area contributed by atoms with Gasteiger partial charge in [0.05, 0.1) is 11.4 Å². The van der Waals surface area contributed by atoms with Gasteiger partial charge in [-0.3, -0.25) is 0 Å². The number of rotatable bonds is 6. The van der Waals surface area contributed by atoms with E-state index in [9.17, 15) is 5.11 Å². The van der Waals surface area contributed by atoms with E-state index in [-0.39, 0.29) is 11.4 Å². The molecule has 3 atom stereocenters. The average Bonchev–Trinajstić information content (AvgIpc) is 2.65. The third kappa shape index (κ3) is 3.42. The Hall–Kier alpha value is 0.230. The molecule has 14 heavy (non-hydrogen) atoms. The summed E-state index contributed by atoms with van der Waals surface area (Å²) in [5.74, 6) is 1.06. The van der Waals surface area contributed by atoms with E-state index in [4.69, 9.17) is 9.47 Å². The Morgan fingerprint density at radius 3 is 3.00 bits per heavy atom. The fraction of sp³-hybridized carbons (Fsp3) is 1.00. The summed E-state index contributed by atoms with van der Waals surface area (Å²) in [7, 11) is 1.53. The minimum atomic E-state index is -0.686. The molecule has 0 aromatic rings. The number of thioether (sulfide) groups is 1. The molecule has 84 valence electrons. The molecule has 0 saturated carbocycles. The molecule has 1 saturated heterocycles. The summed E-state index contributed by atoms with van der Waals surface area (Å²) in [5, 5.41) is 9.66. The topological polar surface area (TPSA) is 38.7 Å². The molecule has 0 amide bonds. The van der Waals surface area contributed by atoms with E-state index >= 15 is 0 Å². The average molecular weight is 220 g/mol. The molecule has 0 radical (unpaired) electrons. The lowest BCUT2D eigenvalue weighted by atomic mass is 10.2. The van der Waals surface area contributed by atoms with Gasteiger partial charge in [0, 0.05) is 13.7 Å². The molecular formula is C10H20O3S. The molecule has 1 fully saturated rings. The number of aliphatic hydroxyl groups is 1. The number of methoxy groups -OCH3 is 1. The van der Waals surface area contributed by atoms with Crippen molar-refractivity contribution in [1.82, 2.24) is 0 Å². The molecule has 3 nitrogen and oxygen atoms in total. The molecule has 1 aliphatic heterocycles. The van der Waals surface area contributed by atoms with Crippen LogP contribution in [0.3, 0.4) is 0 Å². The van der Waals surface area contributed by atoms with E-state index in [2.05, 4.69) is 6.92 Å². The molecular weight excluding hydrogens is 200 g/mol. The molecule has 0 bridgehead atoms. The number of ether oxygens (including phenoxy) is 2. The van der Waals surface area contributed by atoms with Crippen LogP contribution >= 0.6 is 11.8 Å². The van der Waals surface area contributed by atoms with E-state index in [1.54, 1.807) is 11.8 Å². The third-order valence-electron chi connectivity index (χ3n) is 2.43. The van der Waals surface area contributed by atoms with Crippen molar-refractivity contribution in [3.05, 3.63) is 0 Å². The first-order valence-corrected chi connectivity index (χ1v) is 6.28. The van der Waals surface area contributed by atoms with Crippen LogP contribution < -0.4 is 0 Å². The van der Waals surface area contributed by atoms with E-state index in [0.29, 0.717) is 0 Å². The van der Waals surface area contributed by atoms with Crippen molar-refractivity contribution in [2.24, 2.45) is 0 Å². The van der Waals surface area contributed by atoms with Gasteiger partial charge in [0.1, 0.15) is 0 Å². The van der Waals surface area contributed by atoms with Crippen LogP contribution in [0.5, 0.6) is 0 Å². The zero-order valence-corrected chi connectivity index (χ0v) is 9.76. The Balaban J connectivity index is 2.27. The SMILES string of the molecule is CCCCO[C@H]1CCSC1[C@@H](O)OC. The maximum atomic E-state index is 9.56. The number of aliphatic hydroxyl groups excluding tert-OH is 1. The monoisotopic (exact) mass is 220 g/mol. The van der Waals surface area contributed by atoms with Crippen molar-refractivity contribution < 1.29 is 14.6 Å². The fourth-order valence-corrected chi connectivity index (χ4v) is 2.89. The van der Waals surface area contributed by atoms with Crippen molar-refractivity contribution in [2.75, 3.05) is 19.5 Å². The van der Waals surface area contributed by atoms with Crippen LogP contribution in [0, 0.1) is 0 Å². The molecule has 1 unspecified atom stereocenters. The first-order chi connectivity index (χ1) is 6.79. The minimum Gasteiger partial charge on any atom is -0.377 e. The van der Waals surface area contributed by atoms with Crippen LogP contribution in [0.2, 0.25) is 0 Å². The van der Waals surface area contributed by atoms with Crippen LogP contribution in [0.25, 0.3) is 0 Å².